The number of carbonyl (C=O) groups is 1. The van der Waals surface area contributed by atoms with Crippen LogP contribution in [0, 0.1) is 6.92 Å². The lowest BCUT2D eigenvalue weighted by Crippen LogP contribution is -2.23. The fourth-order valence-electron chi connectivity index (χ4n) is 3.23. The van der Waals surface area contributed by atoms with Gasteiger partial charge in [0.25, 0.3) is 5.91 Å². The first-order valence-corrected chi connectivity index (χ1v) is 11.0. The number of hydrogen-bond donors (Lipinski definition) is 1. The standard InChI is InChI=1S/C22H21N5O3S/c1-15-9-10-17(13-20(15)31(29,30)26(2)3)25-22(28)18-14-24-27-19(11-12-23-21(18)27)16-7-5-4-6-8-16/h4-14H,1-3H3,(H,25,28). The summed E-state index contributed by atoms with van der Waals surface area (Å²) in [5, 5.41) is 7.10. The van der Waals surface area contributed by atoms with E-state index in [9.17, 15) is 13.2 Å². The van der Waals surface area contributed by atoms with Gasteiger partial charge in [-0.1, -0.05) is 36.4 Å². The predicted octanol–water partition coefficient (Wildman–Crippen LogP) is 3.21. The molecule has 0 saturated heterocycles. The average Bonchev–Trinajstić information content (AvgIpc) is 3.20. The van der Waals surface area contributed by atoms with Crippen molar-refractivity contribution in [2.45, 2.75) is 11.8 Å². The van der Waals surface area contributed by atoms with E-state index in [4.69, 9.17) is 0 Å². The van der Waals surface area contributed by atoms with Crippen molar-refractivity contribution in [3.05, 3.63) is 78.1 Å². The Morgan fingerprint density at radius 1 is 1.06 bits per heavy atom. The Morgan fingerprint density at radius 3 is 2.52 bits per heavy atom. The first-order chi connectivity index (χ1) is 14.8. The second-order valence-electron chi connectivity index (χ2n) is 7.21. The third-order valence-electron chi connectivity index (χ3n) is 4.92. The Labute approximate surface area is 180 Å². The van der Waals surface area contributed by atoms with Crippen LogP contribution in [-0.2, 0) is 10.0 Å². The normalized spacial score (nSPS) is 11.7. The van der Waals surface area contributed by atoms with Gasteiger partial charge in [-0.05, 0) is 30.7 Å². The van der Waals surface area contributed by atoms with Crippen LogP contribution in [-0.4, -0.2) is 47.3 Å². The van der Waals surface area contributed by atoms with Crippen LogP contribution in [0.25, 0.3) is 16.9 Å². The van der Waals surface area contributed by atoms with Crippen molar-refractivity contribution < 1.29 is 13.2 Å². The molecule has 0 aliphatic rings. The highest BCUT2D eigenvalue weighted by atomic mass is 32.2. The van der Waals surface area contributed by atoms with Crippen molar-refractivity contribution in [1.29, 1.82) is 0 Å². The molecular weight excluding hydrogens is 414 g/mol. The summed E-state index contributed by atoms with van der Waals surface area (Å²) in [5.41, 5.74) is 3.41. The van der Waals surface area contributed by atoms with Crippen LogP contribution < -0.4 is 5.32 Å². The molecule has 0 radical (unpaired) electrons. The molecule has 31 heavy (non-hydrogen) atoms. The van der Waals surface area contributed by atoms with Gasteiger partial charge in [0.2, 0.25) is 10.0 Å². The van der Waals surface area contributed by atoms with Crippen LogP contribution in [0.3, 0.4) is 0 Å². The Bertz CT molecular complexity index is 1380. The molecule has 8 nitrogen and oxygen atoms in total. The highest BCUT2D eigenvalue weighted by Gasteiger charge is 2.21. The molecule has 158 valence electrons. The van der Waals surface area contributed by atoms with Crippen molar-refractivity contribution in [1.82, 2.24) is 18.9 Å². The van der Waals surface area contributed by atoms with Crippen LogP contribution in [0.4, 0.5) is 5.69 Å². The minimum absolute atomic E-state index is 0.139. The van der Waals surface area contributed by atoms with E-state index in [-0.39, 0.29) is 10.5 Å². The lowest BCUT2D eigenvalue weighted by molar-refractivity contribution is 0.102. The van der Waals surface area contributed by atoms with Crippen LogP contribution in [0.1, 0.15) is 15.9 Å². The first kappa shape index (κ1) is 20.7. The molecule has 1 N–H and O–H groups in total. The number of fused-ring (bicyclic) bond motifs is 1. The number of nitrogens with one attached hydrogen (secondary N) is 1. The summed E-state index contributed by atoms with van der Waals surface area (Å²) in [6.07, 6.45) is 3.08. The average molecular weight is 436 g/mol. The van der Waals surface area contributed by atoms with E-state index < -0.39 is 15.9 Å². The minimum atomic E-state index is -3.64. The van der Waals surface area contributed by atoms with Gasteiger partial charge in [-0.2, -0.15) is 5.10 Å². The molecule has 0 fully saturated rings. The maximum atomic E-state index is 13.0. The largest absolute Gasteiger partial charge is 0.322 e. The van der Waals surface area contributed by atoms with Crippen molar-refractivity contribution in [3.63, 3.8) is 0 Å². The van der Waals surface area contributed by atoms with Crippen molar-refractivity contribution in [2.24, 2.45) is 0 Å². The van der Waals surface area contributed by atoms with Gasteiger partial charge in [-0.25, -0.2) is 22.2 Å². The van der Waals surface area contributed by atoms with Gasteiger partial charge in [0.1, 0.15) is 5.56 Å². The van der Waals surface area contributed by atoms with E-state index in [1.54, 1.807) is 29.8 Å². The molecule has 2 aromatic carbocycles. The molecular formula is C22H21N5O3S. The summed E-state index contributed by atoms with van der Waals surface area (Å²) in [5.74, 6) is -0.426. The SMILES string of the molecule is Cc1ccc(NC(=O)c2cnn3c(-c4ccccc4)ccnc23)cc1S(=O)(=O)N(C)C. The van der Waals surface area contributed by atoms with E-state index in [0.717, 1.165) is 15.6 Å². The Morgan fingerprint density at radius 2 is 1.81 bits per heavy atom. The van der Waals surface area contributed by atoms with E-state index in [1.807, 2.05) is 36.4 Å². The molecule has 4 aromatic rings. The molecule has 0 spiro atoms. The highest BCUT2D eigenvalue weighted by Crippen LogP contribution is 2.24. The quantitative estimate of drug-likeness (QED) is 0.519. The summed E-state index contributed by atoms with van der Waals surface area (Å²) >= 11 is 0. The van der Waals surface area contributed by atoms with Crippen LogP contribution in [0.15, 0.2) is 71.9 Å². The third kappa shape index (κ3) is 3.80. The molecule has 0 saturated carbocycles. The van der Waals surface area contributed by atoms with E-state index in [1.165, 1.54) is 26.4 Å². The summed E-state index contributed by atoms with van der Waals surface area (Å²) in [7, 11) is -0.703. The topological polar surface area (TPSA) is 96.7 Å². The first-order valence-electron chi connectivity index (χ1n) is 9.52. The smallest absolute Gasteiger partial charge is 0.261 e. The van der Waals surface area contributed by atoms with Crippen LogP contribution >= 0.6 is 0 Å². The fraction of sp³-hybridized carbons (Fsp3) is 0.136. The number of benzene rings is 2. The Hall–Kier alpha value is -3.56. The van der Waals surface area contributed by atoms with E-state index >= 15 is 0 Å². The second kappa shape index (κ2) is 7.93. The van der Waals surface area contributed by atoms with Gasteiger partial charge < -0.3 is 5.32 Å². The lowest BCUT2D eigenvalue weighted by Gasteiger charge is -2.15. The second-order valence-corrected chi connectivity index (χ2v) is 9.33. The summed E-state index contributed by atoms with van der Waals surface area (Å²) in [6.45, 7) is 1.71. The molecule has 0 aliphatic carbocycles. The van der Waals surface area contributed by atoms with E-state index in [0.29, 0.717) is 16.9 Å². The zero-order chi connectivity index (χ0) is 22.2. The minimum Gasteiger partial charge on any atom is -0.322 e. The van der Waals surface area contributed by atoms with Gasteiger partial charge in [0, 0.05) is 31.5 Å². The zero-order valence-corrected chi connectivity index (χ0v) is 18.1. The van der Waals surface area contributed by atoms with Gasteiger partial charge in [0.05, 0.1) is 16.8 Å². The number of sulfonamides is 1. The molecule has 4 rings (SSSR count). The summed E-state index contributed by atoms with van der Waals surface area (Å²) in [6, 6.07) is 16.3. The maximum Gasteiger partial charge on any atom is 0.261 e. The number of carbonyl (C=O) groups excluding carboxylic acids is 1. The lowest BCUT2D eigenvalue weighted by atomic mass is 10.1. The molecule has 1 amide bonds. The summed E-state index contributed by atoms with van der Waals surface area (Å²) < 4.78 is 27.9. The third-order valence-corrected chi connectivity index (χ3v) is 6.88. The van der Waals surface area contributed by atoms with Gasteiger partial charge in [-0.3, -0.25) is 4.79 Å². The van der Waals surface area contributed by atoms with Crippen molar-refractivity contribution >= 4 is 27.3 Å². The van der Waals surface area contributed by atoms with Gasteiger partial charge >= 0.3 is 0 Å². The van der Waals surface area contributed by atoms with Crippen LogP contribution in [0.5, 0.6) is 0 Å². The Kier molecular flexibility index (Phi) is 5.30. The van der Waals surface area contributed by atoms with Crippen molar-refractivity contribution in [3.8, 4) is 11.3 Å². The number of anilines is 1. The zero-order valence-electron chi connectivity index (χ0n) is 17.3. The number of nitrogens with zero attached hydrogens (tertiary/aromatic N) is 4. The molecule has 2 aromatic heterocycles. The molecule has 2 heterocycles. The molecule has 0 atom stereocenters. The number of aryl methyl sites for hydroxylation is 1. The number of aromatic nitrogens is 3. The number of hydrogen-bond acceptors (Lipinski definition) is 5. The number of rotatable bonds is 5. The van der Waals surface area contributed by atoms with Gasteiger partial charge in [0.15, 0.2) is 5.65 Å². The molecule has 0 aliphatic heterocycles. The predicted molar refractivity (Wildman–Crippen MR) is 118 cm³/mol. The number of amides is 1. The van der Waals surface area contributed by atoms with Crippen LogP contribution in [0.2, 0.25) is 0 Å². The maximum absolute atomic E-state index is 13.0. The Balaban J connectivity index is 1.69. The summed E-state index contributed by atoms with van der Waals surface area (Å²) in [4.78, 5) is 17.4. The van der Waals surface area contributed by atoms with Crippen molar-refractivity contribution in [2.75, 3.05) is 19.4 Å². The monoisotopic (exact) mass is 435 g/mol. The molecule has 0 bridgehead atoms. The molecule has 0 unspecified atom stereocenters. The van der Waals surface area contributed by atoms with Gasteiger partial charge in [-0.15, -0.1) is 0 Å². The highest BCUT2D eigenvalue weighted by molar-refractivity contribution is 7.89. The fourth-order valence-corrected chi connectivity index (χ4v) is 4.37. The van der Waals surface area contributed by atoms with E-state index in [2.05, 4.69) is 15.4 Å². The molecule has 9 heteroatoms.